The predicted octanol–water partition coefficient (Wildman–Crippen LogP) is 3.29. The van der Waals surface area contributed by atoms with Crippen LogP contribution in [-0.4, -0.2) is 15.8 Å². The first-order valence-electron chi connectivity index (χ1n) is 6.26. The second-order valence-electron chi connectivity index (χ2n) is 4.88. The summed E-state index contributed by atoms with van der Waals surface area (Å²) in [5.41, 5.74) is 8.79. The molecule has 0 fully saturated rings. The molecule has 0 amide bonds. The van der Waals surface area contributed by atoms with Gasteiger partial charge >= 0.3 is 0 Å². The van der Waals surface area contributed by atoms with Gasteiger partial charge in [-0.3, -0.25) is 4.68 Å². The van der Waals surface area contributed by atoms with Gasteiger partial charge in [-0.15, -0.1) is 0 Å². The van der Waals surface area contributed by atoms with Gasteiger partial charge in [-0.05, 0) is 37.5 Å². The normalized spacial score (nSPS) is 12.7. The minimum Gasteiger partial charge on any atom is -0.327 e. The Hall–Kier alpha value is -1.10. The summed E-state index contributed by atoms with van der Waals surface area (Å²) in [7, 11) is 1.79. The van der Waals surface area contributed by atoms with Crippen molar-refractivity contribution < 1.29 is 4.39 Å². The standard InChI is InChI=1S/C14H16Cl2FN3/c1-8-12(14(16)20(2)19-8)7-11(18)5-9-3-4-10(17)6-13(9)15/h3-4,6,11H,5,7,18H2,1-2H3. The fourth-order valence-electron chi connectivity index (χ4n) is 2.21. The van der Waals surface area contributed by atoms with E-state index in [1.165, 1.54) is 12.1 Å². The van der Waals surface area contributed by atoms with Crippen LogP contribution in [0.5, 0.6) is 0 Å². The van der Waals surface area contributed by atoms with E-state index in [0.717, 1.165) is 16.8 Å². The van der Waals surface area contributed by atoms with Crippen LogP contribution < -0.4 is 5.73 Å². The molecule has 1 heterocycles. The topological polar surface area (TPSA) is 43.8 Å². The Kier molecular flexibility index (Phi) is 4.68. The second-order valence-corrected chi connectivity index (χ2v) is 5.65. The molecule has 0 saturated carbocycles. The summed E-state index contributed by atoms with van der Waals surface area (Å²) >= 11 is 12.2. The third-order valence-corrected chi connectivity index (χ3v) is 4.06. The molecule has 1 aromatic heterocycles. The average molecular weight is 316 g/mol. The summed E-state index contributed by atoms with van der Waals surface area (Å²) in [6.07, 6.45) is 1.16. The molecule has 3 nitrogen and oxygen atoms in total. The molecule has 0 spiro atoms. The smallest absolute Gasteiger partial charge is 0.130 e. The molecule has 0 radical (unpaired) electrons. The number of rotatable bonds is 4. The molecule has 0 saturated heterocycles. The van der Waals surface area contributed by atoms with E-state index in [1.54, 1.807) is 17.8 Å². The molecular formula is C14H16Cl2FN3. The molecule has 1 aromatic carbocycles. The van der Waals surface area contributed by atoms with E-state index in [1.807, 2.05) is 6.92 Å². The number of halogens is 3. The lowest BCUT2D eigenvalue weighted by molar-refractivity contribution is 0.623. The molecule has 20 heavy (non-hydrogen) atoms. The molecule has 1 atom stereocenters. The fraction of sp³-hybridized carbons (Fsp3) is 0.357. The first kappa shape index (κ1) is 15.3. The van der Waals surface area contributed by atoms with E-state index in [0.29, 0.717) is 23.0 Å². The van der Waals surface area contributed by atoms with Crippen LogP contribution in [0, 0.1) is 12.7 Å². The van der Waals surface area contributed by atoms with Gasteiger partial charge in [-0.25, -0.2) is 4.39 Å². The van der Waals surface area contributed by atoms with Crippen molar-refractivity contribution in [2.45, 2.75) is 25.8 Å². The zero-order valence-electron chi connectivity index (χ0n) is 11.3. The highest BCUT2D eigenvalue weighted by Gasteiger charge is 2.16. The fourth-order valence-corrected chi connectivity index (χ4v) is 2.71. The quantitative estimate of drug-likeness (QED) is 0.941. The van der Waals surface area contributed by atoms with Gasteiger partial charge in [-0.1, -0.05) is 29.3 Å². The van der Waals surface area contributed by atoms with Gasteiger partial charge in [0.2, 0.25) is 0 Å². The number of nitrogens with two attached hydrogens (primary N) is 1. The Morgan fingerprint density at radius 3 is 2.60 bits per heavy atom. The maximum atomic E-state index is 13.0. The molecule has 6 heteroatoms. The van der Waals surface area contributed by atoms with Gasteiger partial charge in [0.1, 0.15) is 11.0 Å². The Balaban J connectivity index is 2.11. The minimum atomic E-state index is -0.349. The summed E-state index contributed by atoms with van der Waals surface area (Å²) in [6, 6.07) is 4.19. The highest BCUT2D eigenvalue weighted by molar-refractivity contribution is 6.31. The van der Waals surface area contributed by atoms with Crippen LogP contribution in [0.3, 0.4) is 0 Å². The van der Waals surface area contributed by atoms with Gasteiger partial charge in [0, 0.05) is 23.7 Å². The van der Waals surface area contributed by atoms with Crippen molar-refractivity contribution in [3.05, 3.63) is 51.0 Å². The Bertz CT molecular complexity index is 625. The van der Waals surface area contributed by atoms with Crippen LogP contribution >= 0.6 is 23.2 Å². The van der Waals surface area contributed by atoms with E-state index in [9.17, 15) is 4.39 Å². The lowest BCUT2D eigenvalue weighted by Gasteiger charge is -2.13. The molecule has 2 aromatic rings. The van der Waals surface area contributed by atoms with Crippen LogP contribution in [-0.2, 0) is 19.9 Å². The third kappa shape index (κ3) is 3.32. The molecule has 2 rings (SSSR count). The lowest BCUT2D eigenvalue weighted by atomic mass is 10.00. The number of benzene rings is 1. The maximum absolute atomic E-state index is 13.0. The van der Waals surface area contributed by atoms with Gasteiger partial charge < -0.3 is 5.73 Å². The SMILES string of the molecule is Cc1nn(C)c(Cl)c1CC(N)Cc1ccc(F)cc1Cl. The van der Waals surface area contributed by atoms with Gasteiger partial charge in [0.15, 0.2) is 0 Å². The van der Waals surface area contributed by atoms with Gasteiger partial charge in [0.25, 0.3) is 0 Å². The Morgan fingerprint density at radius 1 is 1.35 bits per heavy atom. The van der Waals surface area contributed by atoms with E-state index >= 15 is 0 Å². The van der Waals surface area contributed by atoms with Gasteiger partial charge in [0.05, 0.1) is 5.69 Å². The van der Waals surface area contributed by atoms with E-state index in [4.69, 9.17) is 28.9 Å². The molecule has 2 N–H and O–H groups in total. The van der Waals surface area contributed by atoms with Crippen LogP contribution in [0.1, 0.15) is 16.8 Å². The number of hydrogen-bond donors (Lipinski definition) is 1. The second kappa shape index (κ2) is 6.12. The molecule has 0 aliphatic heterocycles. The highest BCUT2D eigenvalue weighted by atomic mass is 35.5. The lowest BCUT2D eigenvalue weighted by Crippen LogP contribution is -2.26. The van der Waals surface area contributed by atoms with Crippen molar-refractivity contribution in [1.29, 1.82) is 0 Å². The van der Waals surface area contributed by atoms with Crippen LogP contribution in [0.25, 0.3) is 0 Å². The van der Waals surface area contributed by atoms with Crippen molar-refractivity contribution in [3.8, 4) is 0 Å². The first-order valence-corrected chi connectivity index (χ1v) is 7.01. The summed E-state index contributed by atoms with van der Waals surface area (Å²) < 4.78 is 14.6. The number of hydrogen-bond acceptors (Lipinski definition) is 2. The Labute approximate surface area is 127 Å². The van der Waals surface area contributed by atoms with E-state index in [2.05, 4.69) is 5.10 Å². The minimum absolute atomic E-state index is 0.154. The molecular weight excluding hydrogens is 300 g/mol. The van der Waals surface area contributed by atoms with Crippen LogP contribution in [0.4, 0.5) is 4.39 Å². The summed E-state index contributed by atoms with van der Waals surface area (Å²) in [4.78, 5) is 0. The van der Waals surface area contributed by atoms with E-state index in [-0.39, 0.29) is 11.9 Å². The zero-order valence-corrected chi connectivity index (χ0v) is 12.8. The molecule has 1 unspecified atom stereocenters. The molecule has 108 valence electrons. The number of nitrogens with zero attached hydrogens (tertiary/aromatic N) is 2. The Morgan fingerprint density at radius 2 is 2.05 bits per heavy atom. The van der Waals surface area contributed by atoms with E-state index < -0.39 is 0 Å². The average Bonchev–Trinajstić information content (AvgIpc) is 2.60. The third-order valence-electron chi connectivity index (χ3n) is 3.23. The van der Waals surface area contributed by atoms with Crippen molar-refractivity contribution in [3.63, 3.8) is 0 Å². The van der Waals surface area contributed by atoms with Gasteiger partial charge in [-0.2, -0.15) is 5.10 Å². The van der Waals surface area contributed by atoms with Crippen molar-refractivity contribution >= 4 is 23.2 Å². The highest BCUT2D eigenvalue weighted by Crippen LogP contribution is 2.23. The molecule has 0 aliphatic carbocycles. The first-order chi connectivity index (χ1) is 9.38. The summed E-state index contributed by atoms with van der Waals surface area (Å²) in [5.74, 6) is -0.349. The molecule has 0 aliphatic rings. The summed E-state index contributed by atoms with van der Waals surface area (Å²) in [5, 5.41) is 5.25. The van der Waals surface area contributed by atoms with Crippen molar-refractivity contribution in [2.75, 3.05) is 0 Å². The zero-order chi connectivity index (χ0) is 14.9. The largest absolute Gasteiger partial charge is 0.327 e. The predicted molar refractivity (Wildman–Crippen MR) is 79.7 cm³/mol. The number of aryl methyl sites for hydroxylation is 2. The molecule has 0 bridgehead atoms. The van der Waals surface area contributed by atoms with Crippen LogP contribution in [0.15, 0.2) is 18.2 Å². The van der Waals surface area contributed by atoms with Crippen molar-refractivity contribution in [2.24, 2.45) is 12.8 Å². The number of aromatic nitrogens is 2. The van der Waals surface area contributed by atoms with Crippen LogP contribution in [0.2, 0.25) is 10.2 Å². The monoisotopic (exact) mass is 315 g/mol. The summed E-state index contributed by atoms with van der Waals surface area (Å²) in [6.45, 7) is 1.90. The van der Waals surface area contributed by atoms with Crippen molar-refractivity contribution in [1.82, 2.24) is 9.78 Å². The maximum Gasteiger partial charge on any atom is 0.130 e.